The first-order chi connectivity index (χ1) is 8.21. The number of anilines is 1. The minimum Gasteiger partial charge on any atom is -0.308 e. The maximum atomic E-state index is 11.7. The summed E-state index contributed by atoms with van der Waals surface area (Å²) >= 11 is 3.26. The van der Waals surface area contributed by atoms with E-state index in [1.54, 1.807) is 0 Å². The van der Waals surface area contributed by atoms with Crippen LogP contribution in [0.4, 0.5) is 5.69 Å². The topological polar surface area (TPSA) is 54.5 Å². The summed E-state index contributed by atoms with van der Waals surface area (Å²) in [4.78, 5) is 13.1. The van der Waals surface area contributed by atoms with Crippen LogP contribution < -0.4 is 4.90 Å². The molecule has 0 aromatic heterocycles. The molecule has 98 valence electrons. The Kier molecular flexibility index (Phi) is 3.46. The van der Waals surface area contributed by atoms with E-state index in [2.05, 4.69) is 15.9 Å². The van der Waals surface area contributed by atoms with Gasteiger partial charge in [-0.25, -0.2) is 8.42 Å². The highest BCUT2D eigenvalue weighted by atomic mass is 79.9. The molecular weight excluding hydrogens is 342 g/mol. The zero-order chi connectivity index (χ0) is 13.7. The first kappa shape index (κ1) is 13.8. The van der Waals surface area contributed by atoms with E-state index in [1.165, 1.54) is 17.9 Å². The van der Waals surface area contributed by atoms with Crippen LogP contribution in [0.2, 0.25) is 0 Å². The molecule has 1 aromatic carbocycles. The lowest BCUT2D eigenvalue weighted by atomic mass is 10.1. The number of hydrogen-bond donors (Lipinski definition) is 0. The molecule has 0 saturated carbocycles. The van der Waals surface area contributed by atoms with Gasteiger partial charge in [0.25, 0.3) is 9.05 Å². The number of fused-ring (bicyclic) bond motifs is 1. The number of amides is 1. The Labute approximate surface area is 118 Å². The zero-order valence-corrected chi connectivity index (χ0v) is 12.9. The van der Waals surface area contributed by atoms with E-state index in [4.69, 9.17) is 10.7 Å². The molecule has 1 atom stereocenters. The average molecular weight is 353 g/mol. The van der Waals surface area contributed by atoms with Crippen LogP contribution in [-0.4, -0.2) is 20.4 Å². The van der Waals surface area contributed by atoms with Gasteiger partial charge in [0.1, 0.15) is 4.90 Å². The summed E-state index contributed by atoms with van der Waals surface area (Å²) < 4.78 is 23.9. The molecule has 1 aliphatic rings. The van der Waals surface area contributed by atoms with Gasteiger partial charge in [-0.3, -0.25) is 4.79 Å². The van der Waals surface area contributed by atoms with Crippen LogP contribution in [0.15, 0.2) is 21.5 Å². The second kappa shape index (κ2) is 4.51. The summed E-state index contributed by atoms with van der Waals surface area (Å²) in [5.41, 5.74) is 1.22. The molecule has 2 rings (SSSR count). The van der Waals surface area contributed by atoms with Crippen molar-refractivity contribution in [2.24, 2.45) is 0 Å². The highest BCUT2D eigenvalue weighted by molar-refractivity contribution is 9.10. The van der Waals surface area contributed by atoms with Gasteiger partial charge in [-0.1, -0.05) is 15.9 Å². The monoisotopic (exact) mass is 351 g/mol. The molecule has 0 fully saturated rings. The predicted molar refractivity (Wildman–Crippen MR) is 73.5 cm³/mol. The number of rotatable bonds is 1. The van der Waals surface area contributed by atoms with E-state index in [1.807, 2.05) is 13.0 Å². The third-order valence-corrected chi connectivity index (χ3v) is 4.71. The Hall–Kier alpha value is -0.590. The van der Waals surface area contributed by atoms with Crippen molar-refractivity contribution in [1.29, 1.82) is 0 Å². The summed E-state index contributed by atoms with van der Waals surface area (Å²) in [7, 11) is 1.55. The first-order valence-electron chi connectivity index (χ1n) is 5.28. The van der Waals surface area contributed by atoms with Crippen LogP contribution in [0.1, 0.15) is 19.4 Å². The van der Waals surface area contributed by atoms with Crippen LogP contribution in [0.25, 0.3) is 0 Å². The number of carbonyl (C=O) groups is 1. The lowest BCUT2D eigenvalue weighted by molar-refractivity contribution is -0.116. The van der Waals surface area contributed by atoms with Crippen LogP contribution in [0, 0.1) is 0 Å². The molecule has 1 heterocycles. The fourth-order valence-corrected chi connectivity index (χ4v) is 4.08. The second-order valence-corrected chi connectivity index (χ2v) is 7.74. The van der Waals surface area contributed by atoms with E-state index >= 15 is 0 Å². The standard InChI is InChI=1S/C11H11BrClNO3S/c1-6-3-8-4-9(12)5-10(18(13,16)17)11(8)14(6)7(2)15/h4-6H,3H2,1-2H3. The minimum absolute atomic E-state index is 0.0203. The van der Waals surface area contributed by atoms with Crippen molar-refractivity contribution in [2.45, 2.75) is 31.2 Å². The molecule has 1 unspecified atom stereocenters. The van der Waals surface area contributed by atoms with Crippen molar-refractivity contribution >= 4 is 47.3 Å². The minimum atomic E-state index is -3.89. The number of hydrogen-bond acceptors (Lipinski definition) is 3. The predicted octanol–water partition coefficient (Wildman–Crippen LogP) is 2.67. The zero-order valence-electron chi connectivity index (χ0n) is 9.78. The van der Waals surface area contributed by atoms with Gasteiger partial charge >= 0.3 is 0 Å². The Bertz CT molecular complexity index is 629. The molecule has 1 amide bonds. The third kappa shape index (κ3) is 2.29. The third-order valence-electron chi connectivity index (χ3n) is 2.92. The summed E-state index contributed by atoms with van der Waals surface area (Å²) in [5, 5.41) is 0. The highest BCUT2D eigenvalue weighted by Gasteiger charge is 2.34. The largest absolute Gasteiger partial charge is 0.308 e. The van der Waals surface area contributed by atoms with Gasteiger partial charge in [-0.15, -0.1) is 0 Å². The highest BCUT2D eigenvalue weighted by Crippen LogP contribution is 2.41. The van der Waals surface area contributed by atoms with E-state index in [-0.39, 0.29) is 16.8 Å². The molecule has 7 heteroatoms. The Morgan fingerprint density at radius 2 is 2.11 bits per heavy atom. The van der Waals surface area contributed by atoms with Crippen LogP contribution >= 0.6 is 26.6 Å². The lowest BCUT2D eigenvalue weighted by Crippen LogP contribution is -2.34. The Morgan fingerprint density at radius 3 is 2.61 bits per heavy atom. The number of halogens is 2. The van der Waals surface area contributed by atoms with Gasteiger partial charge in [0, 0.05) is 28.1 Å². The lowest BCUT2D eigenvalue weighted by Gasteiger charge is -2.22. The fourth-order valence-electron chi connectivity index (χ4n) is 2.34. The molecule has 18 heavy (non-hydrogen) atoms. The maximum Gasteiger partial charge on any atom is 0.263 e. The molecule has 0 saturated heterocycles. The van der Waals surface area contributed by atoms with Gasteiger partial charge in [0.05, 0.1) is 5.69 Å². The van der Waals surface area contributed by atoms with Crippen molar-refractivity contribution in [2.75, 3.05) is 4.90 Å². The Balaban J connectivity index is 2.77. The molecule has 0 spiro atoms. The van der Waals surface area contributed by atoms with E-state index < -0.39 is 9.05 Å². The first-order valence-corrected chi connectivity index (χ1v) is 8.39. The van der Waals surface area contributed by atoms with Crippen LogP contribution in [0.3, 0.4) is 0 Å². The second-order valence-electron chi connectivity index (χ2n) is 4.29. The smallest absolute Gasteiger partial charge is 0.263 e. The Morgan fingerprint density at radius 1 is 1.50 bits per heavy atom. The number of nitrogens with zero attached hydrogens (tertiary/aromatic N) is 1. The summed E-state index contributed by atoms with van der Waals surface area (Å²) in [6.07, 6.45) is 0.619. The quantitative estimate of drug-likeness (QED) is 0.730. The van der Waals surface area contributed by atoms with Crippen molar-refractivity contribution in [1.82, 2.24) is 0 Å². The van der Waals surface area contributed by atoms with E-state index in [0.29, 0.717) is 16.6 Å². The molecule has 4 nitrogen and oxygen atoms in total. The van der Waals surface area contributed by atoms with Gasteiger partial charge in [0.2, 0.25) is 5.91 Å². The summed E-state index contributed by atoms with van der Waals surface area (Å²) in [5.74, 6) is -0.190. The van der Waals surface area contributed by atoms with Crippen molar-refractivity contribution in [3.63, 3.8) is 0 Å². The number of benzene rings is 1. The molecule has 0 radical (unpaired) electrons. The molecule has 0 bridgehead atoms. The van der Waals surface area contributed by atoms with E-state index in [0.717, 1.165) is 5.56 Å². The van der Waals surface area contributed by atoms with Crippen molar-refractivity contribution in [3.05, 3.63) is 22.2 Å². The van der Waals surface area contributed by atoms with Gasteiger partial charge < -0.3 is 4.90 Å². The van der Waals surface area contributed by atoms with Crippen molar-refractivity contribution in [3.8, 4) is 0 Å². The molecule has 0 aliphatic carbocycles. The molecule has 1 aliphatic heterocycles. The molecule has 1 aromatic rings. The molecular formula is C11H11BrClNO3S. The average Bonchev–Trinajstić information content (AvgIpc) is 2.50. The van der Waals surface area contributed by atoms with E-state index in [9.17, 15) is 13.2 Å². The van der Waals surface area contributed by atoms with Crippen molar-refractivity contribution < 1.29 is 13.2 Å². The van der Waals surface area contributed by atoms with Gasteiger partial charge in [0.15, 0.2) is 0 Å². The number of carbonyl (C=O) groups excluding carboxylic acids is 1. The molecule has 0 N–H and O–H groups in total. The SMILES string of the molecule is CC(=O)N1c2c(cc(Br)cc2S(=O)(=O)Cl)CC1C. The normalized spacial score (nSPS) is 18.9. The summed E-state index contributed by atoms with van der Waals surface area (Å²) in [6, 6.07) is 3.18. The fraction of sp³-hybridized carbons (Fsp3) is 0.364. The summed E-state index contributed by atoms with van der Waals surface area (Å²) in [6.45, 7) is 3.29. The van der Waals surface area contributed by atoms with Crippen LogP contribution in [0.5, 0.6) is 0 Å². The van der Waals surface area contributed by atoms with Gasteiger partial charge in [-0.2, -0.15) is 0 Å². The van der Waals surface area contributed by atoms with Gasteiger partial charge in [-0.05, 0) is 31.0 Å². The van der Waals surface area contributed by atoms with Crippen LogP contribution in [-0.2, 0) is 20.3 Å². The maximum absolute atomic E-state index is 11.7.